The summed E-state index contributed by atoms with van der Waals surface area (Å²) in [6, 6.07) is 0. The molecule has 0 spiro atoms. The van der Waals surface area contributed by atoms with Crippen LogP contribution in [0.1, 0.15) is 20.3 Å². The van der Waals surface area contributed by atoms with E-state index < -0.39 is 16.1 Å². The fourth-order valence-corrected chi connectivity index (χ4v) is 0.750. The van der Waals surface area contributed by atoms with Crippen molar-refractivity contribution < 1.29 is 52.4 Å². The molecule has 0 atom stereocenters. The van der Waals surface area contributed by atoms with Crippen molar-refractivity contribution in [3.63, 3.8) is 0 Å². The van der Waals surface area contributed by atoms with E-state index in [-0.39, 0.29) is 35.3 Å². The van der Waals surface area contributed by atoms with Crippen LogP contribution >= 0.6 is 0 Å². The maximum Gasteiger partial charge on any atom is 1.00 e. The smallest absolute Gasteiger partial charge is 0.748 e. The zero-order valence-electron chi connectivity index (χ0n) is 7.40. The van der Waals surface area contributed by atoms with Crippen molar-refractivity contribution >= 4 is 16.1 Å². The van der Waals surface area contributed by atoms with Crippen molar-refractivity contribution in [1.82, 2.24) is 0 Å². The number of carbonyl (C=O) groups is 1. The fraction of sp³-hybridized carbons (Fsp3) is 0.800. The van der Waals surface area contributed by atoms with Crippen LogP contribution in [0.3, 0.4) is 0 Å². The summed E-state index contributed by atoms with van der Waals surface area (Å²) in [4.78, 5) is 9.00. The van der Waals surface area contributed by atoms with Gasteiger partial charge in [0.15, 0.2) is 0 Å². The van der Waals surface area contributed by atoms with Crippen molar-refractivity contribution in [2.45, 2.75) is 20.3 Å². The van der Waals surface area contributed by atoms with E-state index in [4.69, 9.17) is 9.90 Å². The van der Waals surface area contributed by atoms with E-state index in [0.29, 0.717) is 6.42 Å². The Kier molecular flexibility index (Phi) is 14.4. The second-order valence-corrected chi connectivity index (χ2v) is 3.30. The van der Waals surface area contributed by atoms with Gasteiger partial charge in [-0.15, -0.1) is 0 Å². The van der Waals surface area contributed by atoms with Crippen LogP contribution < -0.4 is 29.6 Å². The van der Waals surface area contributed by atoms with E-state index in [2.05, 4.69) is 0 Å². The first-order valence-electron chi connectivity index (χ1n) is 2.92. The second-order valence-electron chi connectivity index (χ2n) is 1.78. The van der Waals surface area contributed by atoms with Gasteiger partial charge in [0.1, 0.15) is 0 Å². The SMILES string of the molecule is CC(=O)O.CCCS(=O)(=O)[O-].[Na+]. The number of hydrogen-bond acceptors (Lipinski definition) is 4. The Bertz CT molecular complexity index is 194. The maximum atomic E-state index is 9.68. The molecule has 0 aromatic rings. The van der Waals surface area contributed by atoms with Gasteiger partial charge in [-0.3, -0.25) is 4.79 Å². The van der Waals surface area contributed by atoms with Crippen LogP contribution in [0.4, 0.5) is 0 Å². The summed E-state index contributed by atoms with van der Waals surface area (Å²) in [6.45, 7) is 2.73. The van der Waals surface area contributed by atoms with E-state index in [1.165, 1.54) is 0 Å². The van der Waals surface area contributed by atoms with Gasteiger partial charge < -0.3 is 9.66 Å². The average Bonchev–Trinajstić information content (AvgIpc) is 1.58. The summed E-state index contributed by atoms with van der Waals surface area (Å²) < 4.78 is 29.0. The first-order chi connectivity index (χ1) is 4.79. The standard InChI is InChI=1S/C3H8O3S.C2H4O2.Na/c1-2-3-7(4,5)6;1-2(3)4;/h2-3H2,1H3,(H,4,5,6);1H3,(H,3,4);/q;;+1/p-1. The monoisotopic (exact) mass is 206 g/mol. The molecule has 0 aliphatic heterocycles. The minimum atomic E-state index is -3.92. The third kappa shape index (κ3) is 47.6. The molecule has 0 aromatic carbocycles. The molecule has 5 nitrogen and oxygen atoms in total. The molecule has 0 amide bonds. The summed E-state index contributed by atoms with van der Waals surface area (Å²) in [5.41, 5.74) is 0. The molecule has 0 rings (SSSR count). The van der Waals surface area contributed by atoms with Crippen LogP contribution in [0.25, 0.3) is 0 Å². The largest absolute Gasteiger partial charge is 1.00 e. The summed E-state index contributed by atoms with van der Waals surface area (Å²) in [7, 11) is -3.92. The molecule has 0 unspecified atom stereocenters. The fourth-order valence-electron chi connectivity index (χ4n) is 0.250. The second kappa shape index (κ2) is 9.47. The molecule has 1 N–H and O–H groups in total. The molecule has 0 saturated carbocycles. The zero-order valence-corrected chi connectivity index (χ0v) is 10.2. The van der Waals surface area contributed by atoms with E-state index in [1.54, 1.807) is 6.92 Å². The molecule has 0 bridgehead atoms. The van der Waals surface area contributed by atoms with Crippen LogP contribution in [0, 0.1) is 0 Å². The van der Waals surface area contributed by atoms with Crippen molar-refractivity contribution in [3.05, 3.63) is 0 Å². The molecule has 0 aromatic heterocycles. The first-order valence-corrected chi connectivity index (χ1v) is 4.50. The van der Waals surface area contributed by atoms with Crippen molar-refractivity contribution in [2.75, 3.05) is 5.75 Å². The van der Waals surface area contributed by atoms with Gasteiger partial charge in [-0.2, -0.15) is 0 Å². The van der Waals surface area contributed by atoms with Gasteiger partial charge in [0.25, 0.3) is 5.97 Å². The normalized spacial score (nSPS) is 8.92. The van der Waals surface area contributed by atoms with Crippen molar-refractivity contribution in [1.29, 1.82) is 0 Å². The van der Waals surface area contributed by atoms with E-state index in [1.807, 2.05) is 0 Å². The Balaban J connectivity index is -0.000000142. The predicted octanol–water partition coefficient (Wildman–Crippen LogP) is -2.96. The third-order valence-corrected chi connectivity index (χ3v) is 1.36. The van der Waals surface area contributed by atoms with Crippen LogP contribution in [0.2, 0.25) is 0 Å². The molecular weight excluding hydrogens is 195 g/mol. The molecule has 68 valence electrons. The number of rotatable bonds is 2. The van der Waals surface area contributed by atoms with E-state index >= 15 is 0 Å². The molecule has 0 aliphatic rings. The van der Waals surface area contributed by atoms with Crippen molar-refractivity contribution in [2.24, 2.45) is 0 Å². The van der Waals surface area contributed by atoms with Gasteiger partial charge in [0.2, 0.25) is 0 Å². The van der Waals surface area contributed by atoms with Gasteiger partial charge >= 0.3 is 29.6 Å². The van der Waals surface area contributed by atoms with E-state index in [0.717, 1.165) is 6.92 Å². The van der Waals surface area contributed by atoms with Gasteiger partial charge in [-0.25, -0.2) is 8.42 Å². The topological polar surface area (TPSA) is 94.5 Å². The van der Waals surface area contributed by atoms with Gasteiger partial charge in [0, 0.05) is 12.7 Å². The molecule has 0 radical (unpaired) electrons. The quantitative estimate of drug-likeness (QED) is 0.384. The summed E-state index contributed by atoms with van der Waals surface area (Å²) >= 11 is 0. The average molecular weight is 206 g/mol. The number of carboxylic acids is 1. The number of carboxylic acid groups (broad SMARTS) is 1. The zero-order chi connectivity index (χ0) is 9.49. The van der Waals surface area contributed by atoms with Gasteiger partial charge in [0.05, 0.1) is 10.1 Å². The Morgan fingerprint density at radius 2 is 1.75 bits per heavy atom. The predicted molar refractivity (Wildman–Crippen MR) is 38.2 cm³/mol. The van der Waals surface area contributed by atoms with Crippen molar-refractivity contribution in [3.8, 4) is 0 Å². The molecule has 0 aliphatic carbocycles. The maximum absolute atomic E-state index is 9.68. The van der Waals surface area contributed by atoms with Crippen LogP contribution in [-0.4, -0.2) is 29.8 Å². The van der Waals surface area contributed by atoms with Crippen LogP contribution in [0.15, 0.2) is 0 Å². The Hall–Kier alpha value is 0.380. The minimum Gasteiger partial charge on any atom is -0.748 e. The van der Waals surface area contributed by atoms with Gasteiger partial charge in [-0.05, 0) is 6.42 Å². The van der Waals surface area contributed by atoms with Crippen LogP contribution in [-0.2, 0) is 14.9 Å². The van der Waals surface area contributed by atoms with Gasteiger partial charge in [-0.1, -0.05) is 6.92 Å². The summed E-state index contributed by atoms with van der Waals surface area (Å²) in [6.07, 6.45) is 0.409. The summed E-state index contributed by atoms with van der Waals surface area (Å²) in [5, 5.41) is 7.42. The molecule has 7 heteroatoms. The minimum absolute atomic E-state index is 0. The summed E-state index contributed by atoms with van der Waals surface area (Å²) in [5.74, 6) is -1.08. The molecule has 0 saturated heterocycles. The number of aliphatic carboxylic acids is 1. The Labute approximate surface area is 94.2 Å². The third-order valence-electron chi connectivity index (χ3n) is 0.454. The molecule has 12 heavy (non-hydrogen) atoms. The Morgan fingerprint density at radius 3 is 1.75 bits per heavy atom. The molecule has 0 fully saturated rings. The Morgan fingerprint density at radius 1 is 1.50 bits per heavy atom. The molecule has 0 heterocycles. The number of hydrogen-bond donors (Lipinski definition) is 1. The first kappa shape index (κ1) is 18.2. The molecular formula is C5H11NaO5S. The van der Waals surface area contributed by atoms with E-state index in [9.17, 15) is 13.0 Å². The van der Waals surface area contributed by atoms with Crippen LogP contribution in [0.5, 0.6) is 0 Å².